The molecule has 1 unspecified atom stereocenters. The SMILES string of the molecule is CO[C@@H](CC[C@@H](C)[C@H]1O[C@@]23CC(OC(=O)C[C@H](CO)OC(=O)C[C@@](O)(O2)[C@H](C)CC3(C)C)[C@@H]1C)c1cccc(O)c1. The molecule has 0 amide bonds. The summed E-state index contributed by atoms with van der Waals surface area (Å²) in [5.41, 5.74) is 0.274. The zero-order chi connectivity index (χ0) is 30.2. The third kappa shape index (κ3) is 6.57. The molecule has 1 spiro atoms. The van der Waals surface area contributed by atoms with Gasteiger partial charge in [-0.3, -0.25) is 9.59 Å². The fourth-order valence-corrected chi connectivity index (χ4v) is 6.84. The zero-order valence-corrected chi connectivity index (χ0v) is 25.0. The van der Waals surface area contributed by atoms with Gasteiger partial charge in [0.2, 0.25) is 0 Å². The highest BCUT2D eigenvalue weighted by molar-refractivity contribution is 5.73. The van der Waals surface area contributed by atoms with E-state index in [4.69, 9.17) is 23.7 Å². The number of fused-ring (bicyclic) bond motifs is 2. The molecule has 4 rings (SSSR count). The molecule has 3 aliphatic heterocycles. The van der Waals surface area contributed by atoms with Crippen LogP contribution in [0, 0.1) is 23.2 Å². The van der Waals surface area contributed by atoms with E-state index < -0.39 is 66.2 Å². The average molecular weight is 579 g/mol. The van der Waals surface area contributed by atoms with Gasteiger partial charge in [-0.2, -0.15) is 0 Å². The zero-order valence-electron chi connectivity index (χ0n) is 25.0. The number of ether oxygens (including phenoxy) is 5. The van der Waals surface area contributed by atoms with Gasteiger partial charge >= 0.3 is 11.9 Å². The van der Waals surface area contributed by atoms with Crippen molar-refractivity contribution in [2.75, 3.05) is 13.7 Å². The standard InChI is InChI=1S/C31H46O10/c1-18(10-11-24(37-6)21-8-7-9-22(33)12-21)28-20(3)25-15-31(40-28)29(4,5)14-19(2)30(36,41-31)16-27(35)38-23(17-32)13-26(34)39-25/h7-9,12,18-20,23-25,28,32-33,36H,10-11,13-17H2,1-6H3/t18-,19-,20+,23-,24+,25?,28-,30-,31+/m1/s1. The summed E-state index contributed by atoms with van der Waals surface area (Å²) in [5.74, 6) is -5.07. The molecule has 10 heteroatoms. The van der Waals surface area contributed by atoms with Crippen molar-refractivity contribution in [1.29, 1.82) is 0 Å². The second-order valence-corrected chi connectivity index (χ2v) is 12.9. The van der Waals surface area contributed by atoms with Crippen molar-refractivity contribution in [2.45, 2.75) is 109 Å². The molecule has 41 heavy (non-hydrogen) atoms. The smallest absolute Gasteiger partial charge is 0.311 e. The number of carbonyl (C=O) groups excluding carboxylic acids is 2. The van der Waals surface area contributed by atoms with Crippen LogP contribution in [-0.2, 0) is 33.3 Å². The third-order valence-corrected chi connectivity index (χ3v) is 9.41. The Balaban J connectivity index is 1.65. The van der Waals surface area contributed by atoms with Gasteiger partial charge in [0.05, 0.1) is 31.7 Å². The maximum absolute atomic E-state index is 13.0. The van der Waals surface area contributed by atoms with Crippen LogP contribution in [-0.4, -0.2) is 70.9 Å². The van der Waals surface area contributed by atoms with E-state index in [1.165, 1.54) is 0 Å². The van der Waals surface area contributed by atoms with Crippen molar-refractivity contribution in [2.24, 2.45) is 23.2 Å². The van der Waals surface area contributed by atoms with Gasteiger partial charge in [-0.25, -0.2) is 0 Å². The van der Waals surface area contributed by atoms with Crippen LogP contribution < -0.4 is 0 Å². The first-order chi connectivity index (χ1) is 19.2. The molecule has 3 heterocycles. The normalized spacial score (nSPS) is 37.1. The third-order valence-electron chi connectivity index (χ3n) is 9.41. The van der Waals surface area contributed by atoms with Crippen molar-refractivity contribution in [1.82, 2.24) is 0 Å². The van der Waals surface area contributed by atoms with Crippen molar-refractivity contribution in [3.05, 3.63) is 29.8 Å². The molecule has 3 aliphatic rings. The van der Waals surface area contributed by atoms with E-state index in [2.05, 4.69) is 6.92 Å². The van der Waals surface area contributed by atoms with Gasteiger partial charge < -0.3 is 39.0 Å². The highest BCUT2D eigenvalue weighted by Crippen LogP contribution is 2.57. The lowest BCUT2D eigenvalue weighted by molar-refractivity contribution is -0.451. The largest absolute Gasteiger partial charge is 0.508 e. The predicted molar refractivity (Wildman–Crippen MR) is 147 cm³/mol. The second-order valence-electron chi connectivity index (χ2n) is 12.9. The molecule has 0 saturated carbocycles. The number of hydrogen-bond acceptors (Lipinski definition) is 10. The van der Waals surface area contributed by atoms with Crippen LogP contribution >= 0.6 is 0 Å². The highest BCUT2D eigenvalue weighted by Gasteiger charge is 2.64. The number of hydrogen-bond donors (Lipinski definition) is 3. The van der Waals surface area contributed by atoms with Crippen molar-refractivity contribution in [3.8, 4) is 5.75 Å². The van der Waals surface area contributed by atoms with Gasteiger partial charge in [-0.15, -0.1) is 0 Å². The summed E-state index contributed by atoms with van der Waals surface area (Å²) in [6, 6.07) is 7.01. The molecule has 0 aliphatic carbocycles. The number of methoxy groups -OCH3 is 1. The Hall–Kier alpha value is -2.24. The molecular formula is C31H46O10. The summed E-state index contributed by atoms with van der Waals surface area (Å²) in [6.45, 7) is 9.35. The van der Waals surface area contributed by atoms with Gasteiger partial charge in [0.15, 0.2) is 11.6 Å². The molecule has 0 radical (unpaired) electrons. The van der Waals surface area contributed by atoms with Crippen LogP contribution in [0.4, 0.5) is 0 Å². The van der Waals surface area contributed by atoms with E-state index >= 15 is 0 Å². The number of aliphatic hydroxyl groups excluding tert-OH is 1. The molecule has 3 bridgehead atoms. The van der Waals surface area contributed by atoms with Crippen LogP contribution in [0.25, 0.3) is 0 Å². The molecule has 1 aromatic carbocycles. The Kier molecular flexibility index (Phi) is 9.40. The van der Waals surface area contributed by atoms with Crippen LogP contribution in [0.15, 0.2) is 24.3 Å². The van der Waals surface area contributed by atoms with Gasteiger partial charge in [-0.1, -0.05) is 46.8 Å². The van der Waals surface area contributed by atoms with E-state index in [0.29, 0.717) is 19.3 Å². The molecule has 3 N–H and O–H groups in total. The first-order valence-electron chi connectivity index (χ1n) is 14.6. The summed E-state index contributed by atoms with van der Waals surface area (Å²) >= 11 is 0. The number of cyclic esters (lactones) is 1. The summed E-state index contributed by atoms with van der Waals surface area (Å²) in [5, 5.41) is 31.4. The molecule has 1 aromatic rings. The number of phenolic OH excluding ortho intramolecular Hbond substituents is 1. The molecular weight excluding hydrogens is 532 g/mol. The van der Waals surface area contributed by atoms with Crippen LogP contribution in [0.5, 0.6) is 5.75 Å². The predicted octanol–water partition coefficient (Wildman–Crippen LogP) is 4.00. The minimum Gasteiger partial charge on any atom is -0.508 e. The molecule has 3 saturated heterocycles. The Morgan fingerprint density at radius 1 is 1.10 bits per heavy atom. The maximum Gasteiger partial charge on any atom is 0.311 e. The van der Waals surface area contributed by atoms with Gasteiger partial charge in [0, 0.05) is 30.8 Å². The Bertz CT molecular complexity index is 1090. The number of aromatic hydroxyl groups is 1. The topological polar surface area (TPSA) is 141 Å². The molecule has 9 atom stereocenters. The maximum atomic E-state index is 13.0. The Labute approximate surface area is 242 Å². The Morgan fingerprint density at radius 2 is 1.83 bits per heavy atom. The average Bonchev–Trinajstić information content (AvgIpc) is 2.88. The number of carbonyl (C=O) groups is 2. The first kappa shape index (κ1) is 31.7. The van der Waals surface area contributed by atoms with E-state index in [0.717, 1.165) is 5.56 Å². The number of benzene rings is 1. The van der Waals surface area contributed by atoms with Crippen molar-refractivity contribution in [3.63, 3.8) is 0 Å². The quantitative estimate of drug-likeness (QED) is 0.407. The lowest BCUT2D eigenvalue weighted by Gasteiger charge is -2.61. The number of aliphatic hydroxyl groups is 2. The summed E-state index contributed by atoms with van der Waals surface area (Å²) in [6.07, 6.45) is -1.06. The molecule has 230 valence electrons. The van der Waals surface area contributed by atoms with E-state index in [9.17, 15) is 24.9 Å². The van der Waals surface area contributed by atoms with Gasteiger partial charge in [0.25, 0.3) is 0 Å². The number of phenols is 1. The van der Waals surface area contributed by atoms with E-state index in [1.54, 1.807) is 25.3 Å². The lowest BCUT2D eigenvalue weighted by atomic mass is 9.66. The Morgan fingerprint density at radius 3 is 2.49 bits per heavy atom. The monoisotopic (exact) mass is 578 g/mol. The summed E-state index contributed by atoms with van der Waals surface area (Å²) in [7, 11) is 1.64. The highest BCUT2D eigenvalue weighted by atomic mass is 16.8. The van der Waals surface area contributed by atoms with Crippen LogP contribution in [0.3, 0.4) is 0 Å². The minimum absolute atomic E-state index is 0.0340. The lowest BCUT2D eigenvalue weighted by Crippen LogP contribution is -2.68. The number of esters is 2. The van der Waals surface area contributed by atoms with Crippen LogP contribution in [0.2, 0.25) is 0 Å². The van der Waals surface area contributed by atoms with Crippen LogP contribution in [0.1, 0.15) is 84.8 Å². The first-order valence-corrected chi connectivity index (χ1v) is 14.6. The summed E-state index contributed by atoms with van der Waals surface area (Å²) in [4.78, 5) is 25.8. The molecule has 10 nitrogen and oxygen atoms in total. The fourth-order valence-electron chi connectivity index (χ4n) is 6.84. The van der Waals surface area contributed by atoms with Gasteiger partial charge in [-0.05, 0) is 42.9 Å². The molecule has 0 aromatic heterocycles. The van der Waals surface area contributed by atoms with Crippen molar-refractivity contribution >= 4 is 11.9 Å². The minimum atomic E-state index is -1.87. The molecule has 3 fully saturated rings. The van der Waals surface area contributed by atoms with Crippen molar-refractivity contribution < 1.29 is 48.6 Å². The van der Waals surface area contributed by atoms with E-state index in [1.807, 2.05) is 33.8 Å². The second kappa shape index (κ2) is 12.2. The van der Waals surface area contributed by atoms with Gasteiger partial charge in [0.1, 0.15) is 18.0 Å². The number of rotatable bonds is 7. The fraction of sp³-hybridized carbons (Fsp3) is 0.742. The van der Waals surface area contributed by atoms with E-state index in [-0.39, 0.29) is 36.5 Å². The summed E-state index contributed by atoms with van der Waals surface area (Å²) < 4.78 is 30.4.